The van der Waals surface area contributed by atoms with E-state index in [0.717, 1.165) is 11.1 Å². The number of pyridine rings is 1. The molecule has 2 N–H and O–H groups in total. The maximum Gasteiger partial charge on any atom is 0.207 e. The van der Waals surface area contributed by atoms with Crippen LogP contribution < -0.4 is 5.73 Å². The Kier molecular flexibility index (Phi) is 2.48. The molecule has 0 aliphatic rings. The second-order valence-corrected chi connectivity index (χ2v) is 4.49. The van der Waals surface area contributed by atoms with Crippen LogP contribution in [0.5, 0.6) is 0 Å². The number of fused-ring (bicyclic) bond motifs is 1. The van der Waals surface area contributed by atoms with Crippen LogP contribution in [0, 0.1) is 19.7 Å². The molecule has 4 nitrogen and oxygen atoms in total. The van der Waals surface area contributed by atoms with E-state index >= 15 is 0 Å². The van der Waals surface area contributed by atoms with E-state index < -0.39 is 0 Å². The molecule has 0 atom stereocenters. The zero-order valence-corrected chi connectivity index (χ0v) is 10.7. The maximum absolute atomic E-state index is 13.7. The Morgan fingerprint density at radius 3 is 2.79 bits per heavy atom. The first kappa shape index (κ1) is 11.6. The van der Waals surface area contributed by atoms with Crippen molar-refractivity contribution < 1.29 is 4.39 Å². The second-order valence-electron chi connectivity index (χ2n) is 4.49. The van der Waals surface area contributed by atoms with Gasteiger partial charge in [0.2, 0.25) is 5.95 Å². The molecule has 0 aliphatic heterocycles. The molecule has 3 aromatic rings. The van der Waals surface area contributed by atoms with Crippen molar-refractivity contribution in [1.82, 2.24) is 14.5 Å². The lowest BCUT2D eigenvalue weighted by molar-refractivity contribution is 0.617. The topological polar surface area (TPSA) is 56.7 Å². The number of nitrogens with zero attached hydrogens (tertiary/aromatic N) is 3. The number of halogens is 1. The highest BCUT2D eigenvalue weighted by Gasteiger charge is 2.15. The summed E-state index contributed by atoms with van der Waals surface area (Å²) in [6.45, 7) is 3.66. The van der Waals surface area contributed by atoms with Crippen molar-refractivity contribution in [3.8, 4) is 5.69 Å². The normalized spacial score (nSPS) is 11.1. The van der Waals surface area contributed by atoms with Crippen LogP contribution in [0.2, 0.25) is 0 Å². The average molecular weight is 256 g/mol. The van der Waals surface area contributed by atoms with Crippen molar-refractivity contribution >= 4 is 17.1 Å². The summed E-state index contributed by atoms with van der Waals surface area (Å²) < 4.78 is 15.4. The number of imidazole rings is 1. The van der Waals surface area contributed by atoms with E-state index in [1.54, 1.807) is 29.8 Å². The molecule has 19 heavy (non-hydrogen) atoms. The second kappa shape index (κ2) is 4.05. The first-order chi connectivity index (χ1) is 9.09. The predicted molar refractivity (Wildman–Crippen MR) is 72.7 cm³/mol. The highest BCUT2D eigenvalue weighted by molar-refractivity contribution is 5.80. The van der Waals surface area contributed by atoms with Crippen molar-refractivity contribution in [2.75, 3.05) is 5.73 Å². The van der Waals surface area contributed by atoms with E-state index in [1.807, 2.05) is 13.0 Å². The number of aryl methyl sites for hydroxylation is 1. The monoisotopic (exact) mass is 256 g/mol. The van der Waals surface area contributed by atoms with Gasteiger partial charge in [-0.25, -0.2) is 14.4 Å². The van der Waals surface area contributed by atoms with E-state index in [9.17, 15) is 4.39 Å². The van der Waals surface area contributed by atoms with Gasteiger partial charge >= 0.3 is 0 Å². The highest BCUT2D eigenvalue weighted by atomic mass is 19.1. The third-order valence-corrected chi connectivity index (χ3v) is 3.25. The highest BCUT2D eigenvalue weighted by Crippen LogP contribution is 2.26. The SMILES string of the molecule is Cc1c(F)cccc1-n1c(N)nc2c(C)ccnc21. The molecule has 0 unspecified atom stereocenters. The Hall–Kier alpha value is -2.43. The van der Waals surface area contributed by atoms with Gasteiger partial charge in [-0.05, 0) is 37.6 Å². The van der Waals surface area contributed by atoms with Gasteiger partial charge in [-0.2, -0.15) is 0 Å². The Morgan fingerprint density at radius 2 is 2.00 bits per heavy atom. The van der Waals surface area contributed by atoms with Crippen LogP contribution in [0.3, 0.4) is 0 Å². The van der Waals surface area contributed by atoms with Crippen molar-refractivity contribution in [2.45, 2.75) is 13.8 Å². The molecule has 5 heteroatoms. The van der Waals surface area contributed by atoms with E-state index in [0.29, 0.717) is 22.8 Å². The lowest BCUT2D eigenvalue weighted by Gasteiger charge is -2.09. The minimum Gasteiger partial charge on any atom is -0.369 e. The van der Waals surface area contributed by atoms with Gasteiger partial charge < -0.3 is 5.73 Å². The van der Waals surface area contributed by atoms with Crippen molar-refractivity contribution in [1.29, 1.82) is 0 Å². The zero-order chi connectivity index (χ0) is 13.6. The fourth-order valence-corrected chi connectivity index (χ4v) is 2.19. The van der Waals surface area contributed by atoms with E-state index in [-0.39, 0.29) is 5.82 Å². The van der Waals surface area contributed by atoms with Crippen LogP contribution in [0.15, 0.2) is 30.5 Å². The first-order valence-electron chi connectivity index (χ1n) is 5.94. The van der Waals surface area contributed by atoms with E-state index in [4.69, 9.17) is 5.73 Å². The molecular weight excluding hydrogens is 243 g/mol. The van der Waals surface area contributed by atoms with Crippen LogP contribution in [0.1, 0.15) is 11.1 Å². The molecule has 2 aromatic heterocycles. The largest absolute Gasteiger partial charge is 0.369 e. The van der Waals surface area contributed by atoms with Gasteiger partial charge in [0.05, 0.1) is 5.69 Å². The minimum atomic E-state index is -0.272. The van der Waals surface area contributed by atoms with Gasteiger partial charge in [0.1, 0.15) is 11.3 Å². The molecule has 2 heterocycles. The number of benzene rings is 1. The van der Waals surface area contributed by atoms with Gasteiger partial charge in [0.25, 0.3) is 0 Å². The number of rotatable bonds is 1. The molecule has 0 radical (unpaired) electrons. The van der Waals surface area contributed by atoms with Crippen molar-refractivity contribution in [2.24, 2.45) is 0 Å². The van der Waals surface area contributed by atoms with Gasteiger partial charge in [0, 0.05) is 11.8 Å². The summed E-state index contributed by atoms with van der Waals surface area (Å²) in [6, 6.07) is 6.75. The minimum absolute atomic E-state index is 0.272. The van der Waals surface area contributed by atoms with Crippen LogP contribution in [0.25, 0.3) is 16.9 Å². The molecule has 0 amide bonds. The van der Waals surface area contributed by atoms with Gasteiger partial charge in [-0.3, -0.25) is 4.57 Å². The predicted octanol–water partition coefficient (Wildman–Crippen LogP) is 2.76. The molecule has 0 aliphatic carbocycles. The van der Waals surface area contributed by atoms with E-state index in [1.165, 1.54) is 6.07 Å². The molecule has 0 bridgehead atoms. The first-order valence-corrected chi connectivity index (χ1v) is 5.94. The fraction of sp³-hybridized carbons (Fsp3) is 0.143. The summed E-state index contributed by atoms with van der Waals surface area (Å²) in [5, 5.41) is 0. The molecule has 0 saturated heterocycles. The number of anilines is 1. The molecule has 3 rings (SSSR count). The van der Waals surface area contributed by atoms with Crippen LogP contribution in [0.4, 0.5) is 10.3 Å². The van der Waals surface area contributed by atoms with Gasteiger partial charge in [-0.1, -0.05) is 6.07 Å². The Morgan fingerprint density at radius 1 is 1.21 bits per heavy atom. The summed E-state index contributed by atoms with van der Waals surface area (Å²) >= 11 is 0. The standard InChI is InChI=1S/C14H13FN4/c1-8-6-7-17-13-12(8)18-14(16)19(13)11-5-3-4-10(15)9(11)2/h3-7H,1-2H3,(H2,16,18). The van der Waals surface area contributed by atoms with Gasteiger partial charge in [0.15, 0.2) is 5.65 Å². The number of aromatic nitrogens is 3. The Bertz CT molecular complexity index is 776. The molecule has 0 fully saturated rings. The summed E-state index contributed by atoms with van der Waals surface area (Å²) in [5.41, 5.74) is 9.53. The summed E-state index contributed by atoms with van der Waals surface area (Å²) in [4.78, 5) is 8.62. The number of nitrogen functional groups attached to an aromatic ring is 1. The molecule has 96 valence electrons. The lowest BCUT2D eigenvalue weighted by atomic mass is 10.2. The Labute approximate surface area is 109 Å². The number of hydrogen-bond donors (Lipinski definition) is 1. The van der Waals surface area contributed by atoms with Crippen molar-refractivity contribution in [3.63, 3.8) is 0 Å². The van der Waals surface area contributed by atoms with Crippen LogP contribution in [-0.2, 0) is 0 Å². The Balaban J connectivity index is 2.40. The molecule has 1 aromatic carbocycles. The summed E-state index contributed by atoms with van der Waals surface area (Å²) in [6.07, 6.45) is 1.70. The lowest BCUT2D eigenvalue weighted by Crippen LogP contribution is -2.04. The van der Waals surface area contributed by atoms with Crippen LogP contribution in [-0.4, -0.2) is 14.5 Å². The smallest absolute Gasteiger partial charge is 0.207 e. The molecular formula is C14H13FN4. The molecule has 0 saturated carbocycles. The molecule has 0 spiro atoms. The number of hydrogen-bond acceptors (Lipinski definition) is 3. The third kappa shape index (κ3) is 1.66. The summed E-state index contributed by atoms with van der Waals surface area (Å²) in [7, 11) is 0. The van der Waals surface area contributed by atoms with Gasteiger partial charge in [-0.15, -0.1) is 0 Å². The summed E-state index contributed by atoms with van der Waals surface area (Å²) in [5.74, 6) is 0.0388. The van der Waals surface area contributed by atoms with Crippen LogP contribution >= 0.6 is 0 Å². The third-order valence-electron chi connectivity index (χ3n) is 3.25. The average Bonchev–Trinajstić information content (AvgIpc) is 2.71. The van der Waals surface area contributed by atoms with Crippen molar-refractivity contribution in [3.05, 3.63) is 47.4 Å². The number of nitrogens with two attached hydrogens (primary N) is 1. The quantitative estimate of drug-likeness (QED) is 0.728. The maximum atomic E-state index is 13.7. The zero-order valence-electron chi connectivity index (χ0n) is 10.7. The van der Waals surface area contributed by atoms with E-state index in [2.05, 4.69) is 9.97 Å². The fourth-order valence-electron chi connectivity index (χ4n) is 2.19.